The largest absolute Gasteiger partial charge is 0.494 e. The van der Waals surface area contributed by atoms with E-state index in [4.69, 9.17) is 73.0 Å². The number of rotatable bonds is 14. The van der Waals surface area contributed by atoms with Gasteiger partial charge in [0.25, 0.3) is 44.8 Å². The highest BCUT2D eigenvalue weighted by Crippen LogP contribution is 2.35. The number of piperazine rings is 1. The van der Waals surface area contributed by atoms with E-state index in [2.05, 4.69) is 45.8 Å². The minimum atomic E-state index is -0.819. The minimum absolute atomic E-state index is 0.00326. The first-order chi connectivity index (χ1) is 65.5. The summed E-state index contributed by atoms with van der Waals surface area (Å²) in [5.74, 6) is -2.40. The number of H-pyrrole nitrogens is 1. The number of nitriles is 1. The predicted molar refractivity (Wildman–Crippen MR) is 511 cm³/mol. The number of nitrogens with zero attached hydrogens (tertiary/aromatic N) is 14. The molecule has 0 aliphatic carbocycles. The number of aromatic nitrogens is 12. The molecule has 0 radical (unpaired) electrons. The Bertz CT molecular complexity index is 7810. The summed E-state index contributed by atoms with van der Waals surface area (Å²) in [5.41, 5.74) is 20.2. The molecule has 716 valence electrons. The summed E-state index contributed by atoms with van der Waals surface area (Å²) in [5, 5.41) is 10.2. The highest BCUT2D eigenvalue weighted by atomic mass is 79.9. The lowest BCUT2D eigenvalue weighted by Gasteiger charge is -2.36. The summed E-state index contributed by atoms with van der Waals surface area (Å²) in [6, 6.07) is 37.0. The molecular weight excluding hydrogens is 1890 g/mol. The van der Waals surface area contributed by atoms with E-state index in [1.165, 1.54) is 166 Å². The maximum atomic E-state index is 14.7. The zero-order chi connectivity index (χ0) is 101. The molecule has 0 bridgehead atoms. The quantitative estimate of drug-likeness (QED) is 0.0498. The van der Waals surface area contributed by atoms with Crippen LogP contribution in [0.1, 0.15) is 70.9 Å². The molecule has 2 amide bonds. The molecule has 1 saturated heterocycles. The number of carbonyl (C=O) groups is 2. The fourth-order valence-electron chi connectivity index (χ4n) is 14.8. The number of methoxy groups -OCH3 is 6. The Hall–Kier alpha value is -16.6. The molecule has 1 aliphatic heterocycles. The van der Waals surface area contributed by atoms with E-state index in [0.29, 0.717) is 81.4 Å². The summed E-state index contributed by atoms with van der Waals surface area (Å²) < 4.78 is 129. The van der Waals surface area contributed by atoms with Crippen molar-refractivity contribution in [3.05, 3.63) is 327 Å². The fourth-order valence-corrected chi connectivity index (χ4v) is 15.5. The van der Waals surface area contributed by atoms with Gasteiger partial charge in [-0.15, -0.1) is 0 Å². The van der Waals surface area contributed by atoms with Crippen LogP contribution in [0.3, 0.4) is 0 Å². The van der Waals surface area contributed by atoms with E-state index in [9.17, 15) is 69.5 Å². The van der Waals surface area contributed by atoms with Gasteiger partial charge in [-0.2, -0.15) is 5.26 Å². The number of pyridine rings is 6. The monoisotopic (exact) mass is 1980 g/mol. The van der Waals surface area contributed by atoms with Crippen molar-refractivity contribution < 1.29 is 69.1 Å². The number of hydrogen-bond donors (Lipinski definition) is 5. The number of benzene rings is 6. The van der Waals surface area contributed by atoms with Crippen molar-refractivity contribution in [2.24, 2.45) is 5.73 Å². The maximum absolute atomic E-state index is 14.7. The minimum Gasteiger partial charge on any atom is -0.494 e. The molecule has 0 unspecified atom stereocenters. The van der Waals surface area contributed by atoms with Crippen LogP contribution in [-0.2, 0) is 4.74 Å². The van der Waals surface area contributed by atoms with Gasteiger partial charge in [0.15, 0.2) is 34.9 Å². The number of ether oxygens (including phenoxy) is 7. The lowest BCUT2D eigenvalue weighted by Crippen LogP contribution is -2.50. The molecule has 1 aliphatic rings. The molecule has 9 N–H and O–H groups in total. The van der Waals surface area contributed by atoms with Gasteiger partial charge in [0.2, 0.25) is 0 Å². The lowest BCUT2D eigenvalue weighted by atomic mass is 10.1. The predicted octanol–water partition coefficient (Wildman–Crippen LogP) is 13.1. The van der Waals surface area contributed by atoms with E-state index in [0.717, 1.165) is 20.0 Å². The zero-order valence-corrected chi connectivity index (χ0v) is 78.9. The summed E-state index contributed by atoms with van der Waals surface area (Å²) in [4.78, 5) is 137. The molecule has 1 fully saturated rings. The number of aromatic amines is 1. The number of fused-ring (bicyclic) bond motifs is 3. The van der Waals surface area contributed by atoms with Crippen molar-refractivity contribution in [1.82, 2.24) is 62.2 Å². The van der Waals surface area contributed by atoms with Gasteiger partial charge in [0.05, 0.1) is 70.9 Å². The third-order valence-corrected chi connectivity index (χ3v) is 22.1. The van der Waals surface area contributed by atoms with Gasteiger partial charge in [-0.3, -0.25) is 65.8 Å². The molecule has 0 atom stereocenters. The zero-order valence-electron chi connectivity index (χ0n) is 76.5. The van der Waals surface area contributed by atoms with Crippen LogP contribution in [-0.4, -0.2) is 149 Å². The first kappa shape index (κ1) is 102. The number of anilines is 4. The van der Waals surface area contributed by atoms with E-state index in [-0.39, 0.29) is 130 Å². The molecule has 0 saturated carbocycles. The number of carbonyl (C=O) groups excluding carboxylic acids is 2. The normalized spacial score (nSPS) is 11.5. The van der Waals surface area contributed by atoms with Crippen molar-refractivity contribution in [2.45, 2.75) is 67.9 Å². The van der Waals surface area contributed by atoms with Crippen molar-refractivity contribution in [2.75, 3.05) is 90.9 Å². The second-order valence-corrected chi connectivity index (χ2v) is 32.2. The van der Waals surface area contributed by atoms with Crippen LogP contribution in [0, 0.1) is 87.8 Å². The van der Waals surface area contributed by atoms with Crippen molar-refractivity contribution in [3.63, 3.8) is 0 Å². The Morgan fingerprint density at radius 2 is 0.746 bits per heavy atom. The summed E-state index contributed by atoms with van der Waals surface area (Å²) in [6.07, 6.45) is 3.32. The van der Waals surface area contributed by atoms with Crippen molar-refractivity contribution in [1.29, 1.82) is 5.26 Å². The van der Waals surface area contributed by atoms with Crippen LogP contribution in [0.5, 0.6) is 34.5 Å². The lowest BCUT2D eigenvalue weighted by molar-refractivity contribution is 0.0240. The first-order valence-electron chi connectivity index (χ1n) is 41.2. The Kier molecular flexibility index (Phi) is 31.9. The number of hydrogen-bond acceptors (Lipinski definition) is 26. The Morgan fingerprint density at radius 1 is 0.428 bits per heavy atom. The topological polar surface area (TPSA) is 462 Å². The van der Waals surface area contributed by atoms with E-state index >= 15 is 0 Å². The molecule has 138 heavy (non-hydrogen) atoms. The highest BCUT2D eigenvalue weighted by Gasteiger charge is 2.31. The summed E-state index contributed by atoms with van der Waals surface area (Å²) in [7, 11) is 8.39. The molecule has 15 aromatic rings. The molecular formula is C95H89BrClF6N19O16. The molecule has 6 aromatic carbocycles. The van der Waals surface area contributed by atoms with Crippen LogP contribution < -0.4 is 95.2 Å². The molecule has 35 nitrogen and oxygen atoms in total. The molecule has 10 heterocycles. The van der Waals surface area contributed by atoms with E-state index in [1.54, 1.807) is 95.0 Å². The molecule has 16 rings (SSSR count). The first-order valence-corrected chi connectivity index (χ1v) is 42.3. The van der Waals surface area contributed by atoms with E-state index in [1.807, 2.05) is 31.7 Å². The van der Waals surface area contributed by atoms with Gasteiger partial charge >= 0.3 is 6.09 Å². The second-order valence-electron chi connectivity index (χ2n) is 31.0. The van der Waals surface area contributed by atoms with E-state index < -0.39 is 85.3 Å². The number of amides is 2. The average Bonchev–Trinajstić information content (AvgIpc) is 0.645. The van der Waals surface area contributed by atoms with Gasteiger partial charge < -0.3 is 70.9 Å². The van der Waals surface area contributed by atoms with Crippen LogP contribution in [0.2, 0.25) is 5.15 Å². The molecule has 0 spiro atoms. The summed E-state index contributed by atoms with van der Waals surface area (Å²) >= 11 is 9.19. The standard InChI is InChI=1S/C24H28FN5O4.C15H11ClFN3O2.C15H12FN3O3.C14H14FN3O3.C14H12FN3O2.C13H12BrFN2O2/c1-15-13-16-19(22(31)30(15)20-17(25)7-6-8-18(20)33-5)26-14-27-21(16)28-9-11-29(12-10-28)23(32)34-24(2,3)4;1-8-6-9-12(18-7-19-14(9)16)15(21)20(8)13-10(17)4-3-5-11(13)22-2;1-8-6-9-12(17-7-18-14(9)20)15(21)19(8)13-10(16)4-3-5-11(13)22-2;1-7-6-8(13(17)19)11(16)14(20)18(7)12-9(15)4-3-5-10(12)21-2;1-8-6-9(7-16)12(17)14(19)18(8)13-10(15)4-3-5-11(13)20-2;1-7-6-8(14)11(16)13(18)17(7)12-9(15)4-3-5-10(12)19-2/h6-8,13-14H,9-12H2,1-5H3;3-7H,1-2H3;3-7H,1-2H3,(H,17,18,20);3-6H,16H2,1-2H3,(H2,17,19);3-6H,17H2,1-2H3;3-6H,16H2,1-2H3. The average molecular weight is 1980 g/mol. The third-order valence-electron chi connectivity index (χ3n) is 21.1. The Balaban J connectivity index is 0.000000161. The molecule has 43 heteroatoms. The highest BCUT2D eigenvalue weighted by molar-refractivity contribution is 9.10. The van der Waals surface area contributed by atoms with Gasteiger partial charge in [-0.05, 0) is 187 Å². The van der Waals surface area contributed by atoms with Crippen molar-refractivity contribution >= 4 is 95.1 Å². The number of halogens is 8. The summed E-state index contributed by atoms with van der Waals surface area (Å²) in [6.45, 7) is 17.3. The Labute approximate surface area is 793 Å². The Morgan fingerprint density at radius 3 is 1.12 bits per heavy atom. The SMILES string of the molecule is COc1cccc(F)c1-n1c(C)cc(Br)c(N)c1=O.COc1cccc(F)c1-n1c(C)cc(C#N)c(N)c1=O.COc1cccc(F)c1-n1c(C)cc(C(N)=O)c(N)c1=O.COc1cccc(F)c1-n1c(C)cc2c(=O)[nH]cnc2c1=O.COc1cccc(F)c1-n1c(C)cc2c(Cl)ncnc2c1=O.COc1cccc(F)c1-n1c(C)cc2c(N3CCN(C(=O)OC(C)(C)C)CC3)ncnc2c1=O. The van der Waals surface area contributed by atoms with Gasteiger partial charge in [-0.1, -0.05) is 48.0 Å². The molecule has 9 aromatic heterocycles. The fraction of sp³-hybridized carbons (Fsp3) is 0.211. The smallest absolute Gasteiger partial charge is 0.410 e. The second kappa shape index (κ2) is 43.2. The van der Waals surface area contributed by atoms with Crippen LogP contribution in [0.25, 0.3) is 66.8 Å². The van der Waals surface area contributed by atoms with Crippen LogP contribution in [0.15, 0.2) is 203 Å². The van der Waals surface area contributed by atoms with Crippen LogP contribution >= 0.6 is 27.5 Å². The number of para-hydroxylation sites is 6. The number of primary amides is 1. The van der Waals surface area contributed by atoms with Crippen molar-refractivity contribution in [3.8, 4) is 74.7 Å². The maximum Gasteiger partial charge on any atom is 0.410 e. The number of nitrogens with one attached hydrogen (secondary N) is 1. The van der Waals surface area contributed by atoms with Crippen LogP contribution in [0.4, 0.5) is 54.0 Å². The van der Waals surface area contributed by atoms with Gasteiger partial charge in [0.1, 0.15) is 138 Å². The third kappa shape index (κ3) is 21.0. The number of nitrogen functional groups attached to an aromatic ring is 3. The number of aryl methyl sites for hydroxylation is 6. The number of nitrogens with two attached hydrogens (primary N) is 4. The van der Waals surface area contributed by atoms with Gasteiger partial charge in [0, 0.05) is 70.2 Å². The van der Waals surface area contributed by atoms with Gasteiger partial charge in [-0.25, -0.2) is 56.1 Å².